The van der Waals surface area contributed by atoms with Crippen LogP contribution in [0.2, 0.25) is 0 Å². The van der Waals surface area contributed by atoms with Gasteiger partial charge in [0.25, 0.3) is 0 Å². The van der Waals surface area contributed by atoms with Crippen LogP contribution in [0.3, 0.4) is 0 Å². The van der Waals surface area contributed by atoms with E-state index in [9.17, 15) is 0 Å². The lowest BCUT2D eigenvalue weighted by molar-refractivity contribution is 1.06. The molecule has 0 unspecified atom stereocenters. The van der Waals surface area contributed by atoms with E-state index in [4.69, 9.17) is 12.2 Å². The first-order valence-corrected chi connectivity index (χ1v) is 7.73. The lowest BCUT2D eigenvalue weighted by Crippen LogP contribution is -2.08. The summed E-state index contributed by atoms with van der Waals surface area (Å²) in [5.41, 5.74) is 4.43. The molecule has 0 spiro atoms. The number of halogens is 1. The van der Waals surface area contributed by atoms with E-state index in [1.807, 2.05) is 14.1 Å². The molecule has 1 heterocycles. The molecule has 3 rings (SSSR count). The van der Waals surface area contributed by atoms with Crippen molar-refractivity contribution in [2.24, 2.45) is 0 Å². The number of aromatic amines is 1. The van der Waals surface area contributed by atoms with Gasteiger partial charge in [0.15, 0.2) is 4.77 Å². The maximum Gasteiger partial charge on any atom is 0.182 e. The molecule has 0 amide bonds. The number of fused-ring (bicyclic) bond motifs is 1. The Morgan fingerprint density at radius 3 is 2.45 bits per heavy atom. The number of imidazole rings is 1. The molecule has 0 saturated carbocycles. The Hall–Kier alpha value is -1.34. The predicted octanol–water partition coefficient (Wildman–Crippen LogP) is 4.36. The van der Waals surface area contributed by atoms with Gasteiger partial charge in [-0.05, 0) is 77.3 Å². The molecule has 3 aromatic rings. The van der Waals surface area contributed by atoms with Gasteiger partial charge >= 0.3 is 0 Å². The Bertz CT molecular complexity index is 815. The number of H-pyrrole nitrogens is 1. The summed E-state index contributed by atoms with van der Waals surface area (Å²) in [5.74, 6) is 0. The summed E-state index contributed by atoms with van der Waals surface area (Å²) in [6.45, 7) is 0. The predicted molar refractivity (Wildman–Crippen MR) is 95.5 cm³/mol. The van der Waals surface area contributed by atoms with E-state index < -0.39 is 0 Å². The second kappa shape index (κ2) is 5.21. The topological polar surface area (TPSA) is 24.0 Å². The van der Waals surface area contributed by atoms with Crippen molar-refractivity contribution in [1.29, 1.82) is 0 Å². The second-order valence-corrected chi connectivity index (χ2v) is 6.47. The molecule has 1 aromatic heterocycles. The highest BCUT2D eigenvalue weighted by Crippen LogP contribution is 2.23. The van der Waals surface area contributed by atoms with Crippen LogP contribution >= 0.6 is 34.8 Å². The lowest BCUT2D eigenvalue weighted by atomic mass is 10.2. The van der Waals surface area contributed by atoms with Gasteiger partial charge in [0.2, 0.25) is 0 Å². The largest absolute Gasteiger partial charge is 0.378 e. The number of nitrogens with zero attached hydrogens (tertiary/aromatic N) is 2. The van der Waals surface area contributed by atoms with Crippen molar-refractivity contribution in [3.8, 4) is 5.69 Å². The van der Waals surface area contributed by atoms with Gasteiger partial charge in [0, 0.05) is 29.0 Å². The van der Waals surface area contributed by atoms with Crippen molar-refractivity contribution < 1.29 is 0 Å². The van der Waals surface area contributed by atoms with Gasteiger partial charge in [-0.15, -0.1) is 0 Å². The zero-order valence-corrected chi connectivity index (χ0v) is 14.2. The summed E-state index contributed by atoms with van der Waals surface area (Å²) in [5, 5.41) is 0. The maximum absolute atomic E-state index is 5.46. The lowest BCUT2D eigenvalue weighted by Gasteiger charge is -2.13. The highest BCUT2D eigenvalue weighted by atomic mass is 127. The molecule has 0 fully saturated rings. The minimum absolute atomic E-state index is 0.722. The van der Waals surface area contributed by atoms with Gasteiger partial charge in [0.1, 0.15) is 0 Å². The fourth-order valence-electron chi connectivity index (χ4n) is 2.24. The second-order valence-electron chi connectivity index (χ2n) is 4.84. The van der Waals surface area contributed by atoms with E-state index in [0.717, 1.165) is 21.5 Å². The molecule has 102 valence electrons. The van der Waals surface area contributed by atoms with Crippen LogP contribution in [-0.2, 0) is 0 Å². The molecule has 5 heteroatoms. The first-order chi connectivity index (χ1) is 9.56. The Kier molecular flexibility index (Phi) is 3.55. The number of hydrogen-bond acceptors (Lipinski definition) is 2. The van der Waals surface area contributed by atoms with E-state index in [-0.39, 0.29) is 0 Å². The molecular formula is C15H14IN3S. The van der Waals surface area contributed by atoms with Gasteiger partial charge in [-0.25, -0.2) is 0 Å². The summed E-state index contributed by atoms with van der Waals surface area (Å²) in [6, 6.07) is 14.7. The normalized spacial score (nSPS) is 10.9. The zero-order valence-electron chi connectivity index (χ0n) is 11.2. The summed E-state index contributed by atoms with van der Waals surface area (Å²) in [6.07, 6.45) is 0. The number of nitrogens with one attached hydrogen (secondary N) is 1. The number of hydrogen-bond donors (Lipinski definition) is 1. The Morgan fingerprint density at radius 2 is 1.80 bits per heavy atom. The van der Waals surface area contributed by atoms with E-state index in [1.165, 1.54) is 9.26 Å². The molecule has 0 bridgehead atoms. The minimum Gasteiger partial charge on any atom is -0.378 e. The molecule has 0 atom stereocenters. The molecule has 0 aliphatic rings. The molecule has 3 nitrogen and oxygen atoms in total. The van der Waals surface area contributed by atoms with Crippen LogP contribution in [0.1, 0.15) is 0 Å². The molecule has 0 radical (unpaired) electrons. The van der Waals surface area contributed by atoms with E-state index in [0.29, 0.717) is 0 Å². The molecule has 1 N–H and O–H groups in total. The van der Waals surface area contributed by atoms with Crippen molar-refractivity contribution in [3.05, 3.63) is 50.8 Å². The number of anilines is 1. The molecule has 20 heavy (non-hydrogen) atoms. The number of rotatable bonds is 2. The molecular weight excluding hydrogens is 381 g/mol. The zero-order chi connectivity index (χ0) is 14.3. The first kappa shape index (κ1) is 13.6. The van der Waals surface area contributed by atoms with Crippen molar-refractivity contribution >= 4 is 51.5 Å². The fraction of sp³-hybridized carbons (Fsp3) is 0.133. The third-order valence-corrected chi connectivity index (χ3v) is 4.22. The average Bonchev–Trinajstić information content (AvgIpc) is 2.73. The van der Waals surface area contributed by atoms with Crippen LogP contribution < -0.4 is 4.90 Å². The number of aromatic nitrogens is 2. The molecule has 0 aliphatic heterocycles. The summed E-state index contributed by atoms with van der Waals surface area (Å²) >= 11 is 7.76. The summed E-state index contributed by atoms with van der Waals surface area (Å²) in [7, 11) is 4.07. The van der Waals surface area contributed by atoms with Crippen LogP contribution in [0.4, 0.5) is 5.69 Å². The number of benzene rings is 2. The highest BCUT2D eigenvalue weighted by Gasteiger charge is 2.07. The Labute approximate surface area is 136 Å². The average molecular weight is 395 g/mol. The molecule has 0 saturated heterocycles. The van der Waals surface area contributed by atoms with Gasteiger partial charge in [-0.3, -0.25) is 4.57 Å². The van der Waals surface area contributed by atoms with Crippen molar-refractivity contribution in [3.63, 3.8) is 0 Å². The van der Waals surface area contributed by atoms with E-state index in [2.05, 4.69) is 79.5 Å². The van der Waals surface area contributed by atoms with E-state index in [1.54, 1.807) is 0 Å². The fourth-order valence-corrected chi connectivity index (χ4v) is 3.04. The Morgan fingerprint density at radius 1 is 1.10 bits per heavy atom. The maximum atomic E-state index is 5.46. The van der Waals surface area contributed by atoms with Crippen molar-refractivity contribution in [1.82, 2.24) is 9.55 Å². The third kappa shape index (κ3) is 2.35. The molecule has 0 aliphatic carbocycles. The van der Waals surface area contributed by atoms with Crippen LogP contribution in [0.25, 0.3) is 16.7 Å². The van der Waals surface area contributed by atoms with Gasteiger partial charge in [0.05, 0.1) is 11.0 Å². The SMILES string of the molecule is CN(C)c1ccc(-n2c(=S)[nH]c3cc(I)ccc32)cc1. The molecule has 2 aromatic carbocycles. The third-order valence-electron chi connectivity index (χ3n) is 3.27. The quantitative estimate of drug-likeness (QED) is 0.515. The van der Waals surface area contributed by atoms with Gasteiger partial charge in [-0.2, -0.15) is 0 Å². The van der Waals surface area contributed by atoms with Gasteiger partial charge in [-0.1, -0.05) is 0 Å². The summed E-state index contributed by atoms with van der Waals surface area (Å²) < 4.78 is 3.99. The van der Waals surface area contributed by atoms with Crippen LogP contribution in [0.15, 0.2) is 42.5 Å². The van der Waals surface area contributed by atoms with Crippen molar-refractivity contribution in [2.75, 3.05) is 19.0 Å². The van der Waals surface area contributed by atoms with Crippen molar-refractivity contribution in [2.45, 2.75) is 0 Å². The van der Waals surface area contributed by atoms with Crippen LogP contribution in [0, 0.1) is 8.34 Å². The van der Waals surface area contributed by atoms with Gasteiger partial charge < -0.3 is 9.88 Å². The first-order valence-electron chi connectivity index (χ1n) is 6.24. The monoisotopic (exact) mass is 395 g/mol. The summed E-state index contributed by atoms with van der Waals surface area (Å²) in [4.78, 5) is 5.35. The smallest absolute Gasteiger partial charge is 0.182 e. The van der Waals surface area contributed by atoms with Crippen LogP contribution in [0.5, 0.6) is 0 Å². The minimum atomic E-state index is 0.722. The highest BCUT2D eigenvalue weighted by molar-refractivity contribution is 14.1. The Balaban J connectivity index is 2.19. The van der Waals surface area contributed by atoms with Crippen LogP contribution in [-0.4, -0.2) is 23.6 Å². The van der Waals surface area contributed by atoms with E-state index >= 15 is 0 Å². The standard InChI is InChI=1S/C15H14IN3S/c1-18(2)11-4-6-12(7-5-11)19-14-8-3-10(16)9-13(14)17-15(19)20/h3-9H,1-2H3,(H,17,20).